The normalized spacial score (nSPS) is 9.55. The molecule has 0 aliphatic carbocycles. The maximum absolute atomic E-state index is 11.5. The molecule has 0 unspecified atom stereocenters. The molecule has 0 aliphatic rings. The molecule has 0 atom stereocenters. The number of rotatable bonds is 5. The maximum Gasteiger partial charge on any atom is 0.225 e. The smallest absolute Gasteiger partial charge is 0.225 e. The first-order chi connectivity index (χ1) is 9.78. The minimum absolute atomic E-state index is 0.0357. The number of nitrogens with zero attached hydrogens (tertiary/aromatic N) is 1. The molecule has 4 heteroatoms. The van der Waals surface area contributed by atoms with Gasteiger partial charge in [-0.3, -0.25) is 4.79 Å². The van der Waals surface area contributed by atoms with Crippen molar-refractivity contribution >= 4 is 5.91 Å². The lowest BCUT2D eigenvalue weighted by Crippen LogP contribution is -2.25. The highest BCUT2D eigenvalue weighted by atomic mass is 16.5. The predicted octanol–water partition coefficient (Wildman–Crippen LogP) is 2.66. The van der Waals surface area contributed by atoms with Crippen LogP contribution in [0.25, 0.3) is 0 Å². The van der Waals surface area contributed by atoms with Crippen LogP contribution < -0.4 is 10.1 Å². The van der Waals surface area contributed by atoms with Crippen LogP contribution in [-0.4, -0.2) is 12.5 Å². The molecule has 100 valence electrons. The molecular weight excluding hydrogens is 252 g/mol. The molecule has 0 aliphatic heterocycles. The SMILES string of the molecule is N#CCNC(=O)Cc1ccc(Oc2ccccc2)cc1. The van der Waals surface area contributed by atoms with Crippen LogP contribution in [0.4, 0.5) is 0 Å². The summed E-state index contributed by atoms with van der Waals surface area (Å²) in [5, 5.41) is 10.9. The van der Waals surface area contributed by atoms with Gasteiger partial charge in [-0.15, -0.1) is 0 Å². The summed E-state index contributed by atoms with van der Waals surface area (Å²) in [5.41, 5.74) is 0.876. The van der Waals surface area contributed by atoms with Crippen LogP contribution in [-0.2, 0) is 11.2 Å². The number of carbonyl (C=O) groups excluding carboxylic acids is 1. The average Bonchev–Trinajstić information content (AvgIpc) is 2.48. The molecular formula is C16H14N2O2. The van der Waals surface area contributed by atoms with E-state index in [1.807, 2.05) is 60.7 Å². The van der Waals surface area contributed by atoms with Gasteiger partial charge in [-0.1, -0.05) is 30.3 Å². The lowest BCUT2D eigenvalue weighted by Gasteiger charge is -2.06. The molecule has 0 saturated carbocycles. The van der Waals surface area contributed by atoms with E-state index < -0.39 is 0 Å². The molecule has 20 heavy (non-hydrogen) atoms. The van der Waals surface area contributed by atoms with Gasteiger partial charge in [0.05, 0.1) is 12.5 Å². The number of para-hydroxylation sites is 1. The van der Waals surface area contributed by atoms with Gasteiger partial charge in [-0.05, 0) is 29.8 Å². The second kappa shape index (κ2) is 6.95. The minimum atomic E-state index is -0.164. The van der Waals surface area contributed by atoms with E-state index in [9.17, 15) is 4.79 Å². The van der Waals surface area contributed by atoms with Crippen LogP contribution in [0.1, 0.15) is 5.56 Å². The van der Waals surface area contributed by atoms with Gasteiger partial charge >= 0.3 is 0 Å². The zero-order chi connectivity index (χ0) is 14.2. The summed E-state index contributed by atoms with van der Waals surface area (Å²) < 4.78 is 5.66. The number of amides is 1. The molecule has 0 fully saturated rings. The number of benzene rings is 2. The molecule has 2 aromatic rings. The van der Waals surface area contributed by atoms with E-state index in [0.717, 1.165) is 17.1 Å². The predicted molar refractivity (Wildman–Crippen MR) is 75.3 cm³/mol. The molecule has 1 N–H and O–H groups in total. The van der Waals surface area contributed by atoms with E-state index in [-0.39, 0.29) is 18.9 Å². The Morgan fingerprint density at radius 1 is 1.05 bits per heavy atom. The molecule has 0 heterocycles. The van der Waals surface area contributed by atoms with Crippen molar-refractivity contribution < 1.29 is 9.53 Å². The van der Waals surface area contributed by atoms with E-state index >= 15 is 0 Å². The van der Waals surface area contributed by atoms with Gasteiger partial charge in [0, 0.05) is 0 Å². The number of nitriles is 1. The molecule has 4 nitrogen and oxygen atoms in total. The molecule has 2 rings (SSSR count). The molecule has 0 bridgehead atoms. The summed E-state index contributed by atoms with van der Waals surface area (Å²) >= 11 is 0. The molecule has 2 aromatic carbocycles. The zero-order valence-electron chi connectivity index (χ0n) is 10.9. The van der Waals surface area contributed by atoms with Gasteiger partial charge in [-0.25, -0.2) is 0 Å². The lowest BCUT2D eigenvalue weighted by atomic mass is 10.1. The van der Waals surface area contributed by atoms with Gasteiger partial charge in [0.15, 0.2) is 0 Å². The summed E-state index contributed by atoms with van der Waals surface area (Å²) in [5.74, 6) is 1.33. The number of ether oxygens (including phenoxy) is 1. The van der Waals surface area contributed by atoms with E-state index in [1.54, 1.807) is 0 Å². The first kappa shape index (κ1) is 13.6. The van der Waals surface area contributed by atoms with E-state index in [1.165, 1.54) is 0 Å². The molecule has 0 saturated heterocycles. The van der Waals surface area contributed by atoms with Crippen LogP contribution in [0.2, 0.25) is 0 Å². The summed E-state index contributed by atoms with van der Waals surface area (Å²) in [7, 11) is 0. The summed E-state index contributed by atoms with van der Waals surface area (Å²) in [6.45, 7) is 0.0357. The third-order valence-electron chi connectivity index (χ3n) is 2.63. The van der Waals surface area contributed by atoms with Crippen LogP contribution in [0.5, 0.6) is 11.5 Å². The third kappa shape index (κ3) is 4.14. The Morgan fingerprint density at radius 3 is 2.35 bits per heavy atom. The van der Waals surface area contributed by atoms with Crippen molar-refractivity contribution in [3.8, 4) is 17.6 Å². The highest BCUT2D eigenvalue weighted by Gasteiger charge is 2.03. The number of hydrogen-bond donors (Lipinski definition) is 1. The van der Waals surface area contributed by atoms with Gasteiger partial charge in [-0.2, -0.15) is 5.26 Å². The van der Waals surface area contributed by atoms with Crippen molar-refractivity contribution in [1.82, 2.24) is 5.32 Å². The summed E-state index contributed by atoms with van der Waals surface area (Å²) in [6.07, 6.45) is 0.257. The van der Waals surface area contributed by atoms with Gasteiger partial charge in [0.1, 0.15) is 18.0 Å². The Hall–Kier alpha value is -2.80. The van der Waals surface area contributed by atoms with Crippen molar-refractivity contribution in [2.24, 2.45) is 0 Å². The Bertz CT molecular complexity index is 601. The Balaban J connectivity index is 1.93. The molecule has 0 radical (unpaired) electrons. The monoisotopic (exact) mass is 266 g/mol. The first-order valence-electron chi connectivity index (χ1n) is 6.23. The van der Waals surface area contributed by atoms with Crippen LogP contribution in [0, 0.1) is 11.3 Å². The topological polar surface area (TPSA) is 62.1 Å². The third-order valence-corrected chi connectivity index (χ3v) is 2.63. The summed E-state index contributed by atoms with van der Waals surface area (Å²) in [4.78, 5) is 11.5. The fourth-order valence-corrected chi connectivity index (χ4v) is 1.69. The van der Waals surface area contributed by atoms with E-state index in [2.05, 4.69) is 5.32 Å². The van der Waals surface area contributed by atoms with Crippen LogP contribution >= 0.6 is 0 Å². The standard InChI is InChI=1S/C16H14N2O2/c17-10-11-18-16(19)12-13-6-8-15(9-7-13)20-14-4-2-1-3-5-14/h1-9H,11-12H2,(H,18,19). The fraction of sp³-hybridized carbons (Fsp3) is 0.125. The zero-order valence-corrected chi connectivity index (χ0v) is 10.9. The van der Waals surface area contributed by atoms with Gasteiger partial charge in [0.2, 0.25) is 5.91 Å². The lowest BCUT2D eigenvalue weighted by molar-refractivity contribution is -0.120. The average molecular weight is 266 g/mol. The number of hydrogen-bond acceptors (Lipinski definition) is 3. The minimum Gasteiger partial charge on any atom is -0.457 e. The van der Waals surface area contributed by atoms with Crippen molar-refractivity contribution in [2.75, 3.05) is 6.54 Å². The largest absolute Gasteiger partial charge is 0.457 e. The highest BCUT2D eigenvalue weighted by Crippen LogP contribution is 2.21. The van der Waals surface area contributed by atoms with Gasteiger partial charge < -0.3 is 10.1 Å². The molecule has 1 amide bonds. The van der Waals surface area contributed by atoms with E-state index in [0.29, 0.717) is 0 Å². The fourth-order valence-electron chi connectivity index (χ4n) is 1.69. The second-order valence-electron chi connectivity index (χ2n) is 4.17. The first-order valence-corrected chi connectivity index (χ1v) is 6.23. The number of carbonyl (C=O) groups is 1. The van der Waals surface area contributed by atoms with Crippen molar-refractivity contribution in [3.63, 3.8) is 0 Å². The van der Waals surface area contributed by atoms with Crippen molar-refractivity contribution in [3.05, 3.63) is 60.2 Å². The van der Waals surface area contributed by atoms with E-state index in [4.69, 9.17) is 10.00 Å². The second-order valence-corrected chi connectivity index (χ2v) is 4.17. The van der Waals surface area contributed by atoms with Gasteiger partial charge in [0.25, 0.3) is 0 Å². The summed E-state index contributed by atoms with van der Waals surface area (Å²) in [6, 6.07) is 18.7. The quantitative estimate of drug-likeness (QED) is 0.846. The highest BCUT2D eigenvalue weighted by molar-refractivity contribution is 5.78. The molecule has 0 spiro atoms. The Kier molecular flexibility index (Phi) is 4.74. The Morgan fingerprint density at radius 2 is 1.70 bits per heavy atom. The van der Waals surface area contributed by atoms with Crippen LogP contribution in [0.3, 0.4) is 0 Å². The number of nitrogens with one attached hydrogen (secondary N) is 1. The van der Waals surface area contributed by atoms with Crippen LogP contribution in [0.15, 0.2) is 54.6 Å². The Labute approximate surface area is 117 Å². The van der Waals surface area contributed by atoms with Crippen molar-refractivity contribution in [2.45, 2.75) is 6.42 Å². The van der Waals surface area contributed by atoms with Crippen molar-refractivity contribution in [1.29, 1.82) is 5.26 Å². The molecule has 0 aromatic heterocycles. The maximum atomic E-state index is 11.5.